The average molecular weight is 336 g/mol. The standard InChI is InChI=1S/C17H28N4O3/c1-4-24-10-6-8-18-16(22)14-7-5-9-21(12-14)17-19-13(2)11-15(20-17)23-3/h11,14H,4-10,12H2,1-3H3,(H,18,22). The molecule has 134 valence electrons. The summed E-state index contributed by atoms with van der Waals surface area (Å²) in [7, 11) is 1.60. The van der Waals surface area contributed by atoms with E-state index in [-0.39, 0.29) is 11.8 Å². The van der Waals surface area contributed by atoms with Crippen molar-refractivity contribution in [1.29, 1.82) is 0 Å². The molecule has 1 atom stereocenters. The lowest BCUT2D eigenvalue weighted by Crippen LogP contribution is -2.44. The number of carbonyl (C=O) groups excluding carboxylic acids is 1. The smallest absolute Gasteiger partial charge is 0.228 e. The lowest BCUT2D eigenvalue weighted by Gasteiger charge is -2.32. The minimum absolute atomic E-state index is 0.0269. The number of nitrogens with zero attached hydrogens (tertiary/aromatic N) is 3. The van der Waals surface area contributed by atoms with Crippen molar-refractivity contribution < 1.29 is 14.3 Å². The van der Waals surface area contributed by atoms with Crippen LogP contribution in [0.2, 0.25) is 0 Å². The molecule has 1 amide bonds. The highest BCUT2D eigenvalue weighted by Gasteiger charge is 2.27. The topological polar surface area (TPSA) is 76.6 Å². The van der Waals surface area contributed by atoms with Gasteiger partial charge in [0.15, 0.2) is 0 Å². The fourth-order valence-electron chi connectivity index (χ4n) is 2.82. The van der Waals surface area contributed by atoms with Crippen LogP contribution in [-0.4, -0.2) is 55.8 Å². The number of aryl methyl sites for hydroxylation is 1. The molecular formula is C17H28N4O3. The van der Waals surface area contributed by atoms with Crippen molar-refractivity contribution in [1.82, 2.24) is 15.3 Å². The van der Waals surface area contributed by atoms with E-state index in [0.29, 0.717) is 38.1 Å². The maximum absolute atomic E-state index is 12.4. The molecular weight excluding hydrogens is 308 g/mol. The molecule has 0 radical (unpaired) electrons. The summed E-state index contributed by atoms with van der Waals surface area (Å²) in [6.45, 7) is 7.45. The number of piperidine rings is 1. The molecule has 1 unspecified atom stereocenters. The van der Waals surface area contributed by atoms with E-state index in [4.69, 9.17) is 9.47 Å². The number of methoxy groups -OCH3 is 1. The first-order valence-corrected chi connectivity index (χ1v) is 8.64. The van der Waals surface area contributed by atoms with E-state index >= 15 is 0 Å². The number of anilines is 1. The van der Waals surface area contributed by atoms with Gasteiger partial charge in [0.25, 0.3) is 0 Å². The summed E-state index contributed by atoms with van der Waals surface area (Å²) in [4.78, 5) is 23.3. The molecule has 1 aromatic heterocycles. The van der Waals surface area contributed by atoms with Crippen molar-refractivity contribution in [3.05, 3.63) is 11.8 Å². The average Bonchev–Trinajstić information content (AvgIpc) is 2.61. The van der Waals surface area contributed by atoms with Crippen LogP contribution in [0.3, 0.4) is 0 Å². The van der Waals surface area contributed by atoms with E-state index in [1.54, 1.807) is 13.2 Å². The summed E-state index contributed by atoms with van der Waals surface area (Å²) < 4.78 is 10.5. The summed E-state index contributed by atoms with van der Waals surface area (Å²) >= 11 is 0. The van der Waals surface area contributed by atoms with Crippen molar-refractivity contribution >= 4 is 11.9 Å². The zero-order chi connectivity index (χ0) is 17.4. The number of hydrogen-bond acceptors (Lipinski definition) is 6. The minimum atomic E-state index is -0.0269. The van der Waals surface area contributed by atoms with E-state index in [9.17, 15) is 4.79 Å². The fourth-order valence-corrected chi connectivity index (χ4v) is 2.82. The lowest BCUT2D eigenvalue weighted by molar-refractivity contribution is -0.125. The monoisotopic (exact) mass is 336 g/mol. The van der Waals surface area contributed by atoms with Crippen LogP contribution in [0.25, 0.3) is 0 Å². The molecule has 2 rings (SSSR count). The summed E-state index contributed by atoms with van der Waals surface area (Å²) in [5.41, 5.74) is 0.861. The van der Waals surface area contributed by atoms with Gasteiger partial charge in [-0.3, -0.25) is 4.79 Å². The number of carbonyl (C=O) groups is 1. The first-order valence-electron chi connectivity index (χ1n) is 8.64. The highest BCUT2D eigenvalue weighted by atomic mass is 16.5. The summed E-state index contributed by atoms with van der Waals surface area (Å²) in [5.74, 6) is 1.28. The molecule has 1 aromatic rings. The highest BCUT2D eigenvalue weighted by Crippen LogP contribution is 2.22. The van der Waals surface area contributed by atoms with Gasteiger partial charge in [-0.1, -0.05) is 0 Å². The molecule has 7 nitrogen and oxygen atoms in total. The van der Waals surface area contributed by atoms with E-state index in [1.807, 2.05) is 13.8 Å². The van der Waals surface area contributed by atoms with Crippen LogP contribution in [0.1, 0.15) is 31.9 Å². The molecule has 1 N–H and O–H groups in total. The number of rotatable bonds is 8. The maximum Gasteiger partial charge on any atom is 0.228 e. The number of aromatic nitrogens is 2. The molecule has 0 spiro atoms. The molecule has 0 aliphatic carbocycles. The van der Waals surface area contributed by atoms with Crippen LogP contribution in [0.5, 0.6) is 5.88 Å². The number of ether oxygens (including phenoxy) is 2. The van der Waals surface area contributed by atoms with Gasteiger partial charge in [0.1, 0.15) is 0 Å². The molecule has 1 fully saturated rings. The normalized spacial score (nSPS) is 17.6. The van der Waals surface area contributed by atoms with E-state index in [1.165, 1.54) is 0 Å². The van der Waals surface area contributed by atoms with Gasteiger partial charge in [0.05, 0.1) is 13.0 Å². The van der Waals surface area contributed by atoms with Crippen LogP contribution in [0, 0.1) is 12.8 Å². The van der Waals surface area contributed by atoms with Crippen LogP contribution in [0.15, 0.2) is 6.07 Å². The SMILES string of the molecule is CCOCCCNC(=O)C1CCCN(c2nc(C)cc(OC)n2)C1. The van der Waals surface area contributed by atoms with Crippen molar-refractivity contribution in [2.45, 2.75) is 33.1 Å². The summed E-state index contributed by atoms with van der Waals surface area (Å²) in [6.07, 6.45) is 2.70. The van der Waals surface area contributed by atoms with Gasteiger partial charge in [-0.25, -0.2) is 4.98 Å². The first kappa shape index (κ1) is 18.4. The van der Waals surface area contributed by atoms with E-state index in [2.05, 4.69) is 20.2 Å². The van der Waals surface area contributed by atoms with Crippen LogP contribution < -0.4 is 15.0 Å². The molecule has 1 saturated heterocycles. The minimum Gasteiger partial charge on any atom is -0.481 e. The van der Waals surface area contributed by atoms with Gasteiger partial charge in [-0.2, -0.15) is 4.98 Å². The predicted molar refractivity (Wildman–Crippen MR) is 92.4 cm³/mol. The first-order chi connectivity index (χ1) is 11.6. The van der Waals surface area contributed by atoms with Crippen LogP contribution >= 0.6 is 0 Å². The Morgan fingerprint density at radius 2 is 2.29 bits per heavy atom. The second kappa shape index (κ2) is 9.42. The Hall–Kier alpha value is -1.89. The Bertz CT molecular complexity index is 539. The summed E-state index contributed by atoms with van der Waals surface area (Å²) in [6, 6.07) is 1.80. The number of nitrogens with one attached hydrogen (secondary N) is 1. The third-order valence-electron chi connectivity index (χ3n) is 4.07. The molecule has 0 aromatic carbocycles. The quantitative estimate of drug-likeness (QED) is 0.726. The van der Waals surface area contributed by atoms with E-state index in [0.717, 1.165) is 31.5 Å². The molecule has 2 heterocycles. The second-order valence-electron chi connectivity index (χ2n) is 5.98. The van der Waals surface area contributed by atoms with Gasteiger partial charge in [0, 0.05) is 44.6 Å². The van der Waals surface area contributed by atoms with Crippen molar-refractivity contribution in [2.24, 2.45) is 5.92 Å². The van der Waals surface area contributed by atoms with Crippen molar-refractivity contribution in [3.8, 4) is 5.88 Å². The highest BCUT2D eigenvalue weighted by molar-refractivity contribution is 5.79. The third kappa shape index (κ3) is 5.33. The molecule has 1 aliphatic rings. The Balaban J connectivity index is 1.89. The molecule has 1 aliphatic heterocycles. The fraction of sp³-hybridized carbons (Fsp3) is 0.706. The summed E-state index contributed by atoms with van der Waals surface area (Å²) in [5, 5.41) is 3.01. The Kier molecular flexibility index (Phi) is 7.24. The van der Waals surface area contributed by atoms with E-state index < -0.39 is 0 Å². The lowest BCUT2D eigenvalue weighted by atomic mass is 9.97. The van der Waals surface area contributed by atoms with Crippen molar-refractivity contribution in [3.63, 3.8) is 0 Å². The maximum atomic E-state index is 12.4. The van der Waals surface area contributed by atoms with Gasteiger partial charge in [-0.05, 0) is 33.1 Å². The Morgan fingerprint density at radius 3 is 3.04 bits per heavy atom. The number of hydrogen-bond donors (Lipinski definition) is 1. The molecule has 0 saturated carbocycles. The van der Waals surface area contributed by atoms with Crippen molar-refractivity contribution in [2.75, 3.05) is 44.9 Å². The molecule has 7 heteroatoms. The van der Waals surface area contributed by atoms with Gasteiger partial charge >= 0.3 is 0 Å². The number of amides is 1. The zero-order valence-electron chi connectivity index (χ0n) is 14.9. The second-order valence-corrected chi connectivity index (χ2v) is 5.98. The van der Waals surface area contributed by atoms with Crippen LogP contribution in [-0.2, 0) is 9.53 Å². The Labute approximate surface area is 143 Å². The van der Waals surface area contributed by atoms with Gasteiger partial charge < -0.3 is 19.7 Å². The van der Waals surface area contributed by atoms with Gasteiger partial charge in [0.2, 0.25) is 17.7 Å². The third-order valence-corrected chi connectivity index (χ3v) is 4.07. The zero-order valence-corrected chi connectivity index (χ0v) is 14.9. The molecule has 24 heavy (non-hydrogen) atoms. The molecule has 0 bridgehead atoms. The largest absolute Gasteiger partial charge is 0.481 e. The Morgan fingerprint density at radius 1 is 1.46 bits per heavy atom. The van der Waals surface area contributed by atoms with Gasteiger partial charge in [-0.15, -0.1) is 0 Å². The predicted octanol–water partition coefficient (Wildman–Crippen LogP) is 1.55. The van der Waals surface area contributed by atoms with Crippen LogP contribution in [0.4, 0.5) is 5.95 Å².